The van der Waals surface area contributed by atoms with Crippen LogP contribution in [0.15, 0.2) is 12.7 Å². The van der Waals surface area contributed by atoms with E-state index in [1.54, 1.807) is 4.57 Å². The summed E-state index contributed by atoms with van der Waals surface area (Å²) in [6.07, 6.45) is 37.5. The van der Waals surface area contributed by atoms with Gasteiger partial charge in [-0.3, -0.25) is 22.7 Å². The first-order valence-electron chi connectivity index (χ1n) is 31.7. The van der Waals surface area contributed by atoms with Crippen molar-refractivity contribution in [3.05, 3.63) is 12.7 Å². The lowest BCUT2D eigenvalue weighted by molar-refractivity contribution is -0.0439. The van der Waals surface area contributed by atoms with E-state index in [1.165, 1.54) is 89.7 Å². The van der Waals surface area contributed by atoms with Crippen molar-refractivity contribution in [1.29, 1.82) is 0 Å². The molecule has 2 aromatic rings. The highest BCUT2D eigenvalue weighted by Gasteiger charge is 2.38. The fraction of sp³-hybridized carbons (Fsp3) is 0.914. The summed E-state index contributed by atoms with van der Waals surface area (Å²) in [6, 6.07) is 0. The van der Waals surface area contributed by atoms with E-state index in [0.29, 0.717) is 24.2 Å². The molecule has 0 aromatic carbocycles. The number of nitrogen functional groups attached to an aromatic ring is 1. The van der Waals surface area contributed by atoms with Crippen LogP contribution in [-0.2, 0) is 55.6 Å². The lowest BCUT2D eigenvalue weighted by atomic mass is 10.1. The minimum Gasteiger partial charge on any atom is -0.390 e. The molecule has 3 heterocycles. The lowest BCUT2D eigenvalue weighted by Crippen LogP contribution is -2.26. The molecule has 81 heavy (non-hydrogen) atoms. The summed E-state index contributed by atoms with van der Waals surface area (Å²) in [4.78, 5) is 32.4. The maximum atomic E-state index is 12.4. The molecule has 0 bridgehead atoms. The minimum atomic E-state index is -4.30. The van der Waals surface area contributed by atoms with Crippen LogP contribution in [0, 0.1) is 0 Å². The third kappa shape index (κ3) is 40.3. The number of hydrogen-bond donors (Lipinski definition) is 5. The Morgan fingerprint density at radius 1 is 0.457 bits per heavy atom. The fourth-order valence-electron chi connectivity index (χ4n) is 9.44. The Morgan fingerprint density at radius 2 is 0.765 bits per heavy atom. The molecule has 474 valence electrons. The van der Waals surface area contributed by atoms with Gasteiger partial charge in [0.2, 0.25) is 0 Å². The number of ether oxygens (including phenoxy) is 6. The zero-order chi connectivity index (χ0) is 58.0. The zero-order valence-electron chi connectivity index (χ0n) is 49.8. The van der Waals surface area contributed by atoms with Gasteiger partial charge >= 0.3 is 15.6 Å². The molecule has 1 fully saturated rings. The van der Waals surface area contributed by atoms with Gasteiger partial charge in [0.25, 0.3) is 0 Å². The smallest absolute Gasteiger partial charge is 0.390 e. The quantitative estimate of drug-likeness (QED) is 0.0304. The van der Waals surface area contributed by atoms with Crippen LogP contribution in [0.1, 0.15) is 231 Å². The van der Waals surface area contributed by atoms with Crippen LogP contribution in [0.25, 0.3) is 11.2 Å². The number of unbranched alkanes of at least 4 members (excludes halogenated alkanes) is 27. The van der Waals surface area contributed by atoms with Gasteiger partial charge in [0.05, 0.1) is 38.9 Å². The first kappa shape index (κ1) is 73.5. The van der Waals surface area contributed by atoms with Gasteiger partial charge in [-0.15, -0.1) is 0 Å². The van der Waals surface area contributed by atoms with Crippen molar-refractivity contribution in [2.45, 2.75) is 243 Å². The molecule has 3 rings (SSSR count). The average Bonchev–Trinajstić information content (AvgIpc) is 4.13. The van der Waals surface area contributed by atoms with Crippen molar-refractivity contribution in [3.8, 4) is 0 Å². The molecule has 1 saturated heterocycles. The molecule has 1 aliphatic rings. The van der Waals surface area contributed by atoms with Crippen LogP contribution in [-0.4, -0.2) is 146 Å². The van der Waals surface area contributed by atoms with Crippen LogP contribution in [0.5, 0.6) is 0 Å². The summed E-state index contributed by atoms with van der Waals surface area (Å²) in [7, 11) is -8.25. The molecule has 0 saturated carbocycles. The van der Waals surface area contributed by atoms with E-state index in [2.05, 4.69) is 15.0 Å². The maximum Gasteiger partial charge on any atom is 0.472 e. The second-order valence-corrected chi connectivity index (χ2v) is 24.5. The van der Waals surface area contributed by atoms with E-state index >= 15 is 0 Å². The van der Waals surface area contributed by atoms with Crippen LogP contribution >= 0.6 is 15.6 Å². The molecule has 21 nitrogen and oxygen atoms in total. The number of hydrogen-bond acceptors (Lipinski definition) is 18. The first-order chi connectivity index (χ1) is 39.6. The average molecular weight is 1200 g/mol. The number of phosphoric acid groups is 2. The number of aromatic nitrogens is 4. The monoisotopic (exact) mass is 1190 g/mol. The third-order valence-electron chi connectivity index (χ3n) is 14.3. The number of aliphatic hydroxyl groups excluding tert-OH is 1. The molecule has 1 aliphatic heterocycles. The fourth-order valence-corrected chi connectivity index (χ4v) is 11.0. The second-order valence-electron chi connectivity index (χ2n) is 21.6. The maximum absolute atomic E-state index is 12.4. The summed E-state index contributed by atoms with van der Waals surface area (Å²) in [5, 5.41) is 10.5. The van der Waals surface area contributed by atoms with Crippen LogP contribution in [0.2, 0.25) is 0 Å². The van der Waals surface area contributed by atoms with Crippen molar-refractivity contribution < 1.29 is 70.5 Å². The second kappa shape index (κ2) is 50.4. The van der Waals surface area contributed by atoms with Crippen LogP contribution in [0.3, 0.4) is 0 Å². The van der Waals surface area contributed by atoms with Gasteiger partial charge in [0.15, 0.2) is 11.5 Å². The molecular formula is C58H112N6O15P2. The van der Waals surface area contributed by atoms with Crippen LogP contribution < -0.4 is 11.5 Å². The van der Waals surface area contributed by atoms with Gasteiger partial charge in [-0.25, -0.2) is 24.1 Å². The summed E-state index contributed by atoms with van der Waals surface area (Å²) in [6.45, 7) is 9.18. The Morgan fingerprint density at radius 3 is 1.11 bits per heavy atom. The van der Waals surface area contributed by atoms with Crippen molar-refractivity contribution >= 4 is 32.6 Å². The number of nitrogens with two attached hydrogens (primary N) is 2. The Bertz CT molecular complexity index is 1850. The lowest BCUT2D eigenvalue weighted by Gasteiger charge is -2.18. The van der Waals surface area contributed by atoms with Gasteiger partial charge in [0, 0.05) is 72.5 Å². The largest absolute Gasteiger partial charge is 0.472 e. The predicted molar refractivity (Wildman–Crippen MR) is 318 cm³/mol. The highest BCUT2D eigenvalue weighted by molar-refractivity contribution is 7.47. The molecule has 2 aromatic heterocycles. The third-order valence-corrected chi connectivity index (χ3v) is 16.3. The van der Waals surface area contributed by atoms with Crippen molar-refractivity contribution in [2.75, 3.05) is 105 Å². The molecule has 7 N–H and O–H groups in total. The van der Waals surface area contributed by atoms with Crippen molar-refractivity contribution in [1.82, 2.24) is 19.5 Å². The Balaban J connectivity index is 0.907. The Hall–Kier alpha value is -1.75. The number of aliphatic hydroxyl groups is 1. The van der Waals surface area contributed by atoms with E-state index in [4.69, 9.17) is 58.0 Å². The molecule has 0 radical (unpaired) electrons. The summed E-state index contributed by atoms with van der Waals surface area (Å²) in [5.41, 5.74) is 12.3. The van der Waals surface area contributed by atoms with E-state index in [9.17, 15) is 24.0 Å². The first-order valence-corrected chi connectivity index (χ1v) is 34.7. The number of phosphoric ester groups is 2. The van der Waals surface area contributed by atoms with Gasteiger partial charge < -0.3 is 54.8 Å². The molecule has 0 amide bonds. The van der Waals surface area contributed by atoms with Crippen molar-refractivity contribution in [2.24, 2.45) is 5.73 Å². The SMILES string of the molecule is NCCCCCCCCCCCCOP(=O)(O)OCCCCCCOCCCCCCOCCCCCCOCCCCCCOCCCCCCOCCCCCCOP(=O)(O)OC[C@H]1O[C@@H](n2cnc3c(N)ncnc32)C[C@@H]1O. The molecule has 2 unspecified atom stereocenters. The van der Waals surface area contributed by atoms with Gasteiger partial charge in [-0.05, 0) is 96.4 Å². The Kier molecular flexibility index (Phi) is 45.7. The zero-order valence-corrected chi connectivity index (χ0v) is 51.6. The standard InChI is InChI=1S/C58H112N6O15P2/c59-35-21-7-5-3-1-2-4-6-8-32-46-75-80(66,67)76-47-33-19-17-30-44-73-42-28-15-13-26-40-71-38-24-11-9-22-36-70-37-23-10-12-25-39-72-41-27-14-16-29-43-74-45-31-18-20-34-48-77-81(68,69)78-50-54-53(65)49-55(79-54)64-52-63-56-57(60)61-51-62-58(56)64/h51-55,65H,1-50,59H2,(H,66,67)(H,68,69)(H2,60,61,62)/t53-,54+,55+/m0/s1. The molecular weight excluding hydrogens is 1080 g/mol. The highest BCUT2D eigenvalue weighted by atomic mass is 31.2. The number of nitrogens with zero attached hydrogens (tertiary/aromatic N) is 4. The molecule has 0 spiro atoms. The van der Waals surface area contributed by atoms with Crippen LogP contribution in [0.4, 0.5) is 5.82 Å². The summed E-state index contributed by atoms with van der Waals surface area (Å²) >= 11 is 0. The molecule has 0 aliphatic carbocycles. The van der Waals surface area contributed by atoms with Crippen molar-refractivity contribution in [3.63, 3.8) is 0 Å². The molecule has 23 heteroatoms. The van der Waals surface area contributed by atoms with E-state index in [1.807, 2.05) is 0 Å². The number of fused-ring (bicyclic) bond motifs is 1. The minimum absolute atomic E-state index is 0.0919. The summed E-state index contributed by atoms with van der Waals surface area (Å²) < 4.78 is 81.7. The number of rotatable bonds is 61. The topological polar surface area (TPSA) is 283 Å². The highest BCUT2D eigenvalue weighted by Crippen LogP contribution is 2.45. The predicted octanol–water partition coefficient (Wildman–Crippen LogP) is 12.6. The summed E-state index contributed by atoms with van der Waals surface area (Å²) in [5.74, 6) is 0.240. The van der Waals surface area contributed by atoms with E-state index in [0.717, 1.165) is 201 Å². The molecule has 5 atom stereocenters. The van der Waals surface area contributed by atoms with Gasteiger partial charge in [0.1, 0.15) is 24.2 Å². The normalized spacial score (nSPS) is 17.2. The van der Waals surface area contributed by atoms with E-state index in [-0.39, 0.29) is 38.7 Å². The Labute approximate surface area is 487 Å². The number of imidazole rings is 1. The van der Waals surface area contributed by atoms with Gasteiger partial charge in [-0.1, -0.05) is 128 Å². The number of anilines is 1. The van der Waals surface area contributed by atoms with E-state index < -0.39 is 34.1 Å². The van der Waals surface area contributed by atoms with Gasteiger partial charge in [-0.2, -0.15) is 0 Å².